The molecule has 1 aromatic carbocycles. The van der Waals surface area contributed by atoms with Gasteiger partial charge in [-0.05, 0) is 44.5 Å². The van der Waals surface area contributed by atoms with Gasteiger partial charge in [0.1, 0.15) is 5.82 Å². The maximum Gasteiger partial charge on any atom is 0.317 e. The summed E-state index contributed by atoms with van der Waals surface area (Å²) in [6.45, 7) is 9.16. The van der Waals surface area contributed by atoms with Crippen molar-refractivity contribution < 1.29 is 4.79 Å². The lowest BCUT2D eigenvalue weighted by molar-refractivity contribution is 0.190. The Hall–Kier alpha value is -2.87. The zero-order chi connectivity index (χ0) is 21.3. The van der Waals surface area contributed by atoms with Crippen molar-refractivity contribution in [1.82, 2.24) is 25.1 Å². The van der Waals surface area contributed by atoms with Crippen LogP contribution >= 0.6 is 0 Å². The average molecular weight is 410 g/mol. The van der Waals surface area contributed by atoms with Gasteiger partial charge in [0.2, 0.25) is 5.95 Å². The second-order valence-corrected chi connectivity index (χ2v) is 8.52. The minimum absolute atomic E-state index is 0.00955. The van der Waals surface area contributed by atoms with Crippen LogP contribution in [-0.4, -0.2) is 71.6 Å². The zero-order valence-corrected chi connectivity index (χ0v) is 18.1. The summed E-state index contributed by atoms with van der Waals surface area (Å²) in [7, 11) is 2.13. The van der Waals surface area contributed by atoms with Crippen molar-refractivity contribution in [3.05, 3.63) is 35.4 Å². The van der Waals surface area contributed by atoms with Gasteiger partial charge in [-0.15, -0.1) is 0 Å². The molecule has 2 aromatic rings. The molecule has 2 aliphatic heterocycles. The summed E-state index contributed by atoms with van der Waals surface area (Å²) in [6, 6.07) is 8.52. The third kappa shape index (κ3) is 4.48. The van der Waals surface area contributed by atoms with E-state index in [0.717, 1.165) is 61.8 Å². The lowest BCUT2D eigenvalue weighted by Crippen LogP contribution is -2.45. The van der Waals surface area contributed by atoms with E-state index in [1.54, 1.807) is 0 Å². The van der Waals surface area contributed by atoms with Gasteiger partial charge in [-0.2, -0.15) is 4.98 Å². The van der Waals surface area contributed by atoms with Crippen molar-refractivity contribution in [2.75, 3.05) is 50.4 Å². The molecular formula is C22H31N7O. The smallest absolute Gasteiger partial charge is 0.317 e. The molecule has 2 aliphatic rings. The third-order valence-electron chi connectivity index (χ3n) is 5.77. The van der Waals surface area contributed by atoms with E-state index in [9.17, 15) is 4.79 Å². The number of likely N-dealkylation sites (N-methyl/N-ethyl adjacent to an activating group) is 1. The maximum absolute atomic E-state index is 12.4. The Morgan fingerprint density at radius 2 is 1.83 bits per heavy atom. The largest absolute Gasteiger partial charge is 0.368 e. The highest BCUT2D eigenvalue weighted by Gasteiger charge is 2.22. The number of hydrogen-bond acceptors (Lipinski definition) is 6. The summed E-state index contributed by atoms with van der Waals surface area (Å²) in [5.74, 6) is 1.17. The summed E-state index contributed by atoms with van der Waals surface area (Å²) in [5, 5.41) is 2.98. The number of fused-ring (bicyclic) bond motifs is 1. The van der Waals surface area contributed by atoms with Gasteiger partial charge in [-0.25, -0.2) is 9.78 Å². The van der Waals surface area contributed by atoms with Crippen LogP contribution in [0.3, 0.4) is 0 Å². The van der Waals surface area contributed by atoms with Crippen LogP contribution in [0.25, 0.3) is 11.3 Å². The van der Waals surface area contributed by atoms with Gasteiger partial charge < -0.3 is 25.8 Å². The molecule has 8 nitrogen and oxygen atoms in total. The number of piperazine rings is 1. The number of nitrogens with two attached hydrogens (primary N) is 1. The lowest BCUT2D eigenvalue weighted by Gasteiger charge is -2.33. The van der Waals surface area contributed by atoms with Gasteiger partial charge in [0.25, 0.3) is 0 Å². The van der Waals surface area contributed by atoms with Crippen LogP contribution in [0.5, 0.6) is 0 Å². The molecule has 30 heavy (non-hydrogen) atoms. The minimum Gasteiger partial charge on any atom is -0.368 e. The number of aromatic nitrogens is 2. The van der Waals surface area contributed by atoms with Gasteiger partial charge in [0.05, 0.1) is 5.69 Å². The van der Waals surface area contributed by atoms with E-state index in [2.05, 4.69) is 50.3 Å². The van der Waals surface area contributed by atoms with Crippen molar-refractivity contribution in [3.63, 3.8) is 0 Å². The molecule has 8 heteroatoms. The molecule has 0 spiro atoms. The molecule has 160 valence electrons. The SMILES string of the molecule is CC(C)NC(=O)N1CCc2ccc(-c3cc(N4CCN(C)CC4)nc(N)n3)cc2C1. The molecule has 3 heterocycles. The first kappa shape index (κ1) is 20.4. The van der Waals surface area contributed by atoms with Crippen molar-refractivity contribution in [3.8, 4) is 11.3 Å². The number of rotatable bonds is 3. The van der Waals surface area contributed by atoms with E-state index < -0.39 is 0 Å². The van der Waals surface area contributed by atoms with Crippen LogP contribution in [0.4, 0.5) is 16.6 Å². The van der Waals surface area contributed by atoms with Gasteiger partial charge in [0, 0.05) is 56.9 Å². The summed E-state index contributed by atoms with van der Waals surface area (Å²) in [6.07, 6.45) is 0.861. The highest BCUT2D eigenvalue weighted by molar-refractivity contribution is 5.75. The topological polar surface area (TPSA) is 90.6 Å². The highest BCUT2D eigenvalue weighted by Crippen LogP contribution is 2.28. The van der Waals surface area contributed by atoms with E-state index >= 15 is 0 Å². The Morgan fingerprint density at radius 3 is 2.57 bits per heavy atom. The number of nitrogens with one attached hydrogen (secondary N) is 1. The van der Waals surface area contributed by atoms with Gasteiger partial charge in [-0.1, -0.05) is 12.1 Å². The number of benzene rings is 1. The first-order valence-corrected chi connectivity index (χ1v) is 10.6. The van der Waals surface area contributed by atoms with Crippen LogP contribution in [0.15, 0.2) is 24.3 Å². The van der Waals surface area contributed by atoms with E-state index in [4.69, 9.17) is 5.73 Å². The Morgan fingerprint density at radius 1 is 1.07 bits per heavy atom. The normalized spacial score (nSPS) is 17.2. The van der Waals surface area contributed by atoms with Gasteiger partial charge >= 0.3 is 6.03 Å². The Balaban J connectivity index is 1.57. The van der Waals surface area contributed by atoms with Crippen molar-refractivity contribution in [2.24, 2.45) is 0 Å². The Kier molecular flexibility index (Phi) is 5.76. The highest BCUT2D eigenvalue weighted by atomic mass is 16.2. The number of amides is 2. The van der Waals surface area contributed by atoms with Crippen LogP contribution in [-0.2, 0) is 13.0 Å². The molecule has 4 rings (SSSR count). The number of nitrogen functional groups attached to an aromatic ring is 1. The second-order valence-electron chi connectivity index (χ2n) is 8.52. The summed E-state index contributed by atoms with van der Waals surface area (Å²) in [5.41, 5.74) is 10.3. The standard InChI is InChI=1S/C22H31N7O/c1-15(2)24-22(30)29-7-6-16-4-5-17(12-18(16)14-29)19-13-20(26-21(23)25-19)28-10-8-27(3)9-11-28/h4-5,12-13,15H,6-11,14H2,1-3H3,(H,24,30)(H2,23,25,26). The van der Waals surface area contributed by atoms with E-state index in [1.165, 1.54) is 5.56 Å². The van der Waals surface area contributed by atoms with Crippen LogP contribution < -0.4 is 16.0 Å². The average Bonchev–Trinajstić information content (AvgIpc) is 2.72. The molecule has 0 atom stereocenters. The fraction of sp³-hybridized carbons (Fsp3) is 0.500. The lowest BCUT2D eigenvalue weighted by atomic mass is 9.96. The predicted octanol–water partition coefficient (Wildman–Crippen LogP) is 1.95. The zero-order valence-electron chi connectivity index (χ0n) is 18.1. The third-order valence-corrected chi connectivity index (χ3v) is 5.77. The molecule has 0 aliphatic carbocycles. The second kappa shape index (κ2) is 8.47. The first-order valence-electron chi connectivity index (χ1n) is 10.6. The predicted molar refractivity (Wildman–Crippen MR) is 119 cm³/mol. The molecule has 1 saturated heterocycles. The van der Waals surface area contributed by atoms with Gasteiger partial charge in [-0.3, -0.25) is 0 Å². The number of carbonyl (C=O) groups excluding carboxylic acids is 1. The van der Waals surface area contributed by atoms with Crippen LogP contribution in [0.2, 0.25) is 0 Å². The number of urea groups is 1. The molecular weight excluding hydrogens is 378 g/mol. The summed E-state index contributed by atoms with van der Waals surface area (Å²) < 4.78 is 0. The maximum atomic E-state index is 12.4. The van der Waals surface area contributed by atoms with E-state index in [-0.39, 0.29) is 18.0 Å². The Bertz CT molecular complexity index is 922. The number of anilines is 2. The monoisotopic (exact) mass is 409 g/mol. The molecule has 0 unspecified atom stereocenters. The molecule has 1 aromatic heterocycles. The van der Waals surface area contributed by atoms with Crippen LogP contribution in [0.1, 0.15) is 25.0 Å². The van der Waals surface area contributed by atoms with Crippen molar-refractivity contribution in [2.45, 2.75) is 32.9 Å². The summed E-state index contributed by atoms with van der Waals surface area (Å²) >= 11 is 0. The quantitative estimate of drug-likeness (QED) is 0.805. The molecule has 0 saturated carbocycles. The van der Waals surface area contributed by atoms with Crippen molar-refractivity contribution in [1.29, 1.82) is 0 Å². The molecule has 1 fully saturated rings. The van der Waals surface area contributed by atoms with E-state index in [0.29, 0.717) is 6.54 Å². The number of nitrogens with zero attached hydrogens (tertiary/aromatic N) is 5. The summed E-state index contributed by atoms with van der Waals surface area (Å²) in [4.78, 5) is 27.8. The minimum atomic E-state index is -0.00955. The van der Waals surface area contributed by atoms with E-state index in [1.807, 2.05) is 24.8 Å². The first-order chi connectivity index (χ1) is 14.4. The molecule has 3 N–H and O–H groups in total. The Labute approximate surface area is 178 Å². The van der Waals surface area contributed by atoms with Crippen LogP contribution in [0, 0.1) is 0 Å². The molecule has 0 bridgehead atoms. The molecule has 0 radical (unpaired) electrons. The fourth-order valence-corrected chi connectivity index (χ4v) is 4.03. The number of hydrogen-bond donors (Lipinski definition) is 2. The fourth-order valence-electron chi connectivity index (χ4n) is 4.03. The number of carbonyl (C=O) groups is 1. The molecule has 2 amide bonds. The van der Waals surface area contributed by atoms with Gasteiger partial charge in [0.15, 0.2) is 0 Å². The van der Waals surface area contributed by atoms with Crippen molar-refractivity contribution >= 4 is 17.8 Å².